The van der Waals surface area contributed by atoms with E-state index >= 15 is 0 Å². The predicted octanol–water partition coefficient (Wildman–Crippen LogP) is 1.99. The van der Waals surface area contributed by atoms with E-state index < -0.39 is 0 Å². The number of hydrogen-bond donors (Lipinski definition) is 1. The molecule has 84 valence electrons. The van der Waals surface area contributed by atoms with Gasteiger partial charge in [0.25, 0.3) is 0 Å². The summed E-state index contributed by atoms with van der Waals surface area (Å²) in [6, 6.07) is 5.90. The lowest BCUT2D eigenvalue weighted by molar-refractivity contribution is 0.321. The van der Waals surface area contributed by atoms with Crippen molar-refractivity contribution in [2.24, 2.45) is 5.73 Å². The van der Waals surface area contributed by atoms with Gasteiger partial charge in [-0.1, -0.05) is 6.07 Å². The fourth-order valence-corrected chi connectivity index (χ4v) is 1.44. The molecule has 0 heterocycles. The lowest BCUT2D eigenvalue weighted by Gasteiger charge is -2.11. The van der Waals surface area contributed by atoms with Crippen molar-refractivity contribution in [1.29, 1.82) is 0 Å². The van der Waals surface area contributed by atoms with Crippen molar-refractivity contribution in [1.82, 2.24) is 0 Å². The fourth-order valence-electron chi connectivity index (χ4n) is 1.44. The van der Waals surface area contributed by atoms with E-state index in [1.54, 1.807) is 0 Å². The molecule has 0 aromatic heterocycles. The van der Waals surface area contributed by atoms with Crippen LogP contribution in [0.15, 0.2) is 18.2 Å². The van der Waals surface area contributed by atoms with Crippen molar-refractivity contribution in [3.05, 3.63) is 23.8 Å². The zero-order valence-electron chi connectivity index (χ0n) is 9.45. The maximum absolute atomic E-state index is 5.54. The Kier molecular flexibility index (Phi) is 4.98. The molecule has 0 aliphatic rings. The normalized spacial score (nSPS) is 10.1. The Balaban J connectivity index is 2.87. The monoisotopic (exact) mass is 209 g/mol. The van der Waals surface area contributed by atoms with Crippen LogP contribution >= 0.6 is 0 Å². The summed E-state index contributed by atoms with van der Waals surface area (Å²) >= 11 is 0. The van der Waals surface area contributed by atoms with E-state index in [2.05, 4.69) is 0 Å². The quantitative estimate of drug-likeness (QED) is 0.779. The van der Waals surface area contributed by atoms with E-state index in [0.29, 0.717) is 19.8 Å². The summed E-state index contributed by atoms with van der Waals surface area (Å²) in [5.41, 5.74) is 6.68. The molecule has 0 unspecified atom stereocenters. The molecule has 1 aromatic rings. The van der Waals surface area contributed by atoms with E-state index in [4.69, 9.17) is 15.2 Å². The third kappa shape index (κ3) is 3.44. The Morgan fingerprint density at radius 3 is 2.47 bits per heavy atom. The van der Waals surface area contributed by atoms with Gasteiger partial charge in [-0.2, -0.15) is 0 Å². The molecule has 0 atom stereocenters. The van der Waals surface area contributed by atoms with Crippen LogP contribution in [-0.2, 0) is 6.42 Å². The third-order valence-electron chi connectivity index (χ3n) is 2.06. The zero-order chi connectivity index (χ0) is 11.1. The second-order valence-electron chi connectivity index (χ2n) is 3.17. The van der Waals surface area contributed by atoms with Crippen LogP contribution in [0.5, 0.6) is 11.5 Å². The van der Waals surface area contributed by atoms with Gasteiger partial charge in [-0.25, -0.2) is 0 Å². The minimum atomic E-state index is 0.633. The summed E-state index contributed by atoms with van der Waals surface area (Å²) < 4.78 is 11.0. The number of nitrogens with two attached hydrogens (primary N) is 1. The third-order valence-corrected chi connectivity index (χ3v) is 2.06. The van der Waals surface area contributed by atoms with Gasteiger partial charge in [0.2, 0.25) is 0 Å². The molecular formula is C12H19NO2. The number of ether oxygens (including phenoxy) is 2. The highest BCUT2D eigenvalue weighted by Crippen LogP contribution is 2.25. The minimum absolute atomic E-state index is 0.633. The first-order valence-electron chi connectivity index (χ1n) is 5.40. The summed E-state index contributed by atoms with van der Waals surface area (Å²) in [6.07, 6.45) is 0.835. The van der Waals surface area contributed by atoms with Crippen molar-refractivity contribution >= 4 is 0 Å². The van der Waals surface area contributed by atoms with Gasteiger partial charge in [0, 0.05) is 6.07 Å². The summed E-state index contributed by atoms with van der Waals surface area (Å²) in [5, 5.41) is 0. The minimum Gasteiger partial charge on any atom is -0.494 e. The highest BCUT2D eigenvalue weighted by Gasteiger charge is 2.04. The average Bonchev–Trinajstić information content (AvgIpc) is 2.23. The van der Waals surface area contributed by atoms with Gasteiger partial charge in [0.15, 0.2) is 0 Å². The van der Waals surface area contributed by atoms with Crippen molar-refractivity contribution in [2.45, 2.75) is 20.3 Å². The Morgan fingerprint density at radius 2 is 1.87 bits per heavy atom. The summed E-state index contributed by atoms with van der Waals surface area (Å²) in [4.78, 5) is 0. The second kappa shape index (κ2) is 6.30. The van der Waals surface area contributed by atoms with Crippen molar-refractivity contribution in [3.8, 4) is 11.5 Å². The second-order valence-corrected chi connectivity index (χ2v) is 3.17. The van der Waals surface area contributed by atoms with E-state index in [1.807, 2.05) is 32.0 Å². The molecule has 2 N–H and O–H groups in total. The molecule has 0 aliphatic carbocycles. The van der Waals surface area contributed by atoms with Crippen LogP contribution in [0.4, 0.5) is 0 Å². The molecule has 0 bridgehead atoms. The Labute approximate surface area is 91.2 Å². The SMILES string of the molecule is CCOc1ccc(CCN)c(OCC)c1. The van der Waals surface area contributed by atoms with Crippen LogP contribution in [-0.4, -0.2) is 19.8 Å². The van der Waals surface area contributed by atoms with Crippen LogP contribution in [0.2, 0.25) is 0 Å². The molecule has 1 rings (SSSR count). The molecule has 0 spiro atoms. The maximum Gasteiger partial charge on any atom is 0.126 e. The number of benzene rings is 1. The summed E-state index contributed by atoms with van der Waals surface area (Å²) in [6.45, 7) is 5.90. The molecule has 0 saturated carbocycles. The van der Waals surface area contributed by atoms with E-state index in [-0.39, 0.29) is 0 Å². The van der Waals surface area contributed by atoms with Crippen molar-refractivity contribution < 1.29 is 9.47 Å². The van der Waals surface area contributed by atoms with Crippen LogP contribution in [0.25, 0.3) is 0 Å². The average molecular weight is 209 g/mol. The molecule has 0 aliphatic heterocycles. The molecular weight excluding hydrogens is 190 g/mol. The van der Waals surface area contributed by atoms with Gasteiger partial charge < -0.3 is 15.2 Å². The van der Waals surface area contributed by atoms with Gasteiger partial charge in [-0.3, -0.25) is 0 Å². The molecule has 3 heteroatoms. The molecule has 0 saturated heterocycles. The lowest BCUT2D eigenvalue weighted by atomic mass is 10.1. The fraction of sp³-hybridized carbons (Fsp3) is 0.500. The van der Waals surface area contributed by atoms with E-state index in [1.165, 1.54) is 0 Å². The van der Waals surface area contributed by atoms with Crippen molar-refractivity contribution in [2.75, 3.05) is 19.8 Å². The smallest absolute Gasteiger partial charge is 0.126 e. The van der Waals surface area contributed by atoms with Crippen LogP contribution in [0, 0.1) is 0 Å². The number of hydrogen-bond acceptors (Lipinski definition) is 3. The lowest BCUT2D eigenvalue weighted by Crippen LogP contribution is -2.05. The Bertz CT molecular complexity index is 300. The number of rotatable bonds is 6. The molecule has 0 fully saturated rings. The first-order chi connectivity index (χ1) is 7.31. The molecule has 1 aromatic carbocycles. The molecule has 0 radical (unpaired) electrons. The van der Waals surface area contributed by atoms with Crippen LogP contribution in [0.1, 0.15) is 19.4 Å². The van der Waals surface area contributed by atoms with E-state index in [0.717, 1.165) is 23.5 Å². The first-order valence-corrected chi connectivity index (χ1v) is 5.40. The standard InChI is InChI=1S/C12H19NO2/c1-3-14-11-6-5-10(7-8-13)12(9-11)15-4-2/h5-6,9H,3-4,7-8,13H2,1-2H3. The Hall–Kier alpha value is -1.22. The van der Waals surface area contributed by atoms with Crippen molar-refractivity contribution in [3.63, 3.8) is 0 Å². The Morgan fingerprint density at radius 1 is 1.13 bits per heavy atom. The summed E-state index contributed by atoms with van der Waals surface area (Å²) in [7, 11) is 0. The van der Waals surface area contributed by atoms with Gasteiger partial charge in [-0.15, -0.1) is 0 Å². The summed E-state index contributed by atoms with van der Waals surface area (Å²) in [5.74, 6) is 1.73. The van der Waals surface area contributed by atoms with Gasteiger partial charge >= 0.3 is 0 Å². The highest BCUT2D eigenvalue weighted by atomic mass is 16.5. The van der Waals surface area contributed by atoms with Crippen LogP contribution in [0.3, 0.4) is 0 Å². The highest BCUT2D eigenvalue weighted by molar-refractivity contribution is 5.41. The zero-order valence-corrected chi connectivity index (χ0v) is 9.45. The topological polar surface area (TPSA) is 44.5 Å². The molecule has 0 amide bonds. The van der Waals surface area contributed by atoms with Gasteiger partial charge in [0.05, 0.1) is 13.2 Å². The maximum atomic E-state index is 5.54. The van der Waals surface area contributed by atoms with E-state index in [9.17, 15) is 0 Å². The van der Waals surface area contributed by atoms with Gasteiger partial charge in [0.1, 0.15) is 11.5 Å². The first kappa shape index (κ1) is 11.9. The molecule has 15 heavy (non-hydrogen) atoms. The predicted molar refractivity (Wildman–Crippen MR) is 61.5 cm³/mol. The van der Waals surface area contributed by atoms with Gasteiger partial charge in [-0.05, 0) is 38.4 Å². The van der Waals surface area contributed by atoms with Crippen LogP contribution < -0.4 is 15.2 Å². The molecule has 3 nitrogen and oxygen atoms in total. The largest absolute Gasteiger partial charge is 0.494 e.